The van der Waals surface area contributed by atoms with E-state index in [1.807, 2.05) is 42.6 Å². The van der Waals surface area contributed by atoms with Gasteiger partial charge in [-0.25, -0.2) is 0 Å². The summed E-state index contributed by atoms with van der Waals surface area (Å²) in [6, 6.07) is 11.3. The fourth-order valence-corrected chi connectivity index (χ4v) is 2.26. The molecule has 0 fully saturated rings. The standard InChI is InChI=1S/C16H17N3O3/c1-21-13-6-2-4-11(8-13)14-9-15(22-19-14)16(20)18-10-12-5-3-7-17-12/h2-8,15,17H,9-10H2,1H3,(H,18,20)/t15-/m1/s1. The van der Waals surface area contributed by atoms with Crippen LogP contribution in [0.15, 0.2) is 47.8 Å². The Hall–Kier alpha value is -2.76. The molecule has 2 aromatic rings. The van der Waals surface area contributed by atoms with Crippen LogP contribution in [0.3, 0.4) is 0 Å². The van der Waals surface area contributed by atoms with Gasteiger partial charge in [-0.05, 0) is 24.3 Å². The number of rotatable bonds is 5. The highest BCUT2D eigenvalue weighted by Crippen LogP contribution is 2.20. The van der Waals surface area contributed by atoms with E-state index >= 15 is 0 Å². The van der Waals surface area contributed by atoms with Crippen molar-refractivity contribution in [3.05, 3.63) is 53.9 Å². The van der Waals surface area contributed by atoms with Gasteiger partial charge in [0.25, 0.3) is 5.91 Å². The van der Waals surface area contributed by atoms with Crippen molar-refractivity contribution in [1.82, 2.24) is 10.3 Å². The zero-order valence-electron chi connectivity index (χ0n) is 12.2. The average molecular weight is 299 g/mol. The van der Waals surface area contributed by atoms with Crippen LogP contribution in [-0.4, -0.2) is 29.8 Å². The van der Waals surface area contributed by atoms with Crippen LogP contribution >= 0.6 is 0 Å². The maximum Gasteiger partial charge on any atom is 0.264 e. The SMILES string of the molecule is COc1cccc(C2=NO[C@@H](C(=O)NCc3ccc[nH]3)C2)c1. The first kappa shape index (κ1) is 14.2. The van der Waals surface area contributed by atoms with Crippen LogP contribution in [0.4, 0.5) is 0 Å². The van der Waals surface area contributed by atoms with Gasteiger partial charge in [0.2, 0.25) is 6.10 Å². The van der Waals surface area contributed by atoms with E-state index in [1.54, 1.807) is 7.11 Å². The highest BCUT2D eigenvalue weighted by atomic mass is 16.6. The molecular weight excluding hydrogens is 282 g/mol. The number of hydrogen-bond donors (Lipinski definition) is 2. The number of carbonyl (C=O) groups excluding carboxylic acids is 1. The fourth-order valence-electron chi connectivity index (χ4n) is 2.26. The van der Waals surface area contributed by atoms with Crippen molar-refractivity contribution in [3.8, 4) is 5.75 Å². The van der Waals surface area contributed by atoms with Crippen LogP contribution in [0.1, 0.15) is 17.7 Å². The lowest BCUT2D eigenvalue weighted by Crippen LogP contribution is -2.34. The molecule has 1 aliphatic heterocycles. The van der Waals surface area contributed by atoms with E-state index in [0.717, 1.165) is 22.7 Å². The Labute approximate surface area is 128 Å². The molecular formula is C16H17N3O3. The molecule has 3 rings (SSSR count). The van der Waals surface area contributed by atoms with Crippen LogP contribution in [0, 0.1) is 0 Å². The molecule has 1 atom stereocenters. The first-order valence-corrected chi connectivity index (χ1v) is 7.03. The van der Waals surface area contributed by atoms with Crippen molar-refractivity contribution in [2.75, 3.05) is 7.11 Å². The van der Waals surface area contributed by atoms with Crippen molar-refractivity contribution < 1.29 is 14.4 Å². The summed E-state index contributed by atoms with van der Waals surface area (Å²) in [7, 11) is 1.61. The van der Waals surface area contributed by atoms with Crippen molar-refractivity contribution in [2.24, 2.45) is 5.16 Å². The summed E-state index contributed by atoms with van der Waals surface area (Å²) in [4.78, 5) is 20.4. The number of nitrogens with one attached hydrogen (secondary N) is 2. The Kier molecular flexibility index (Phi) is 4.09. The van der Waals surface area contributed by atoms with Gasteiger partial charge in [-0.1, -0.05) is 17.3 Å². The number of amides is 1. The quantitative estimate of drug-likeness (QED) is 0.884. The molecule has 0 unspecified atom stereocenters. The Morgan fingerprint density at radius 1 is 1.45 bits per heavy atom. The number of hydrogen-bond acceptors (Lipinski definition) is 4. The van der Waals surface area contributed by atoms with Crippen molar-refractivity contribution in [3.63, 3.8) is 0 Å². The van der Waals surface area contributed by atoms with Gasteiger partial charge in [-0.3, -0.25) is 4.79 Å². The average Bonchev–Trinajstić information content (AvgIpc) is 3.24. The van der Waals surface area contributed by atoms with Crippen LogP contribution in [0.25, 0.3) is 0 Å². The fraction of sp³-hybridized carbons (Fsp3) is 0.250. The lowest BCUT2D eigenvalue weighted by Gasteiger charge is -2.08. The Bertz CT molecular complexity index is 680. The summed E-state index contributed by atoms with van der Waals surface area (Å²) in [5.41, 5.74) is 2.60. The normalized spacial score (nSPS) is 16.8. The topological polar surface area (TPSA) is 75.7 Å². The number of methoxy groups -OCH3 is 1. The predicted molar refractivity (Wildman–Crippen MR) is 81.7 cm³/mol. The second-order valence-corrected chi connectivity index (χ2v) is 4.98. The maximum absolute atomic E-state index is 12.1. The summed E-state index contributed by atoms with van der Waals surface area (Å²) < 4.78 is 5.19. The van der Waals surface area contributed by atoms with E-state index in [9.17, 15) is 4.79 Å². The molecule has 2 N–H and O–H groups in total. The molecule has 1 amide bonds. The minimum atomic E-state index is -0.587. The zero-order valence-corrected chi connectivity index (χ0v) is 12.2. The minimum Gasteiger partial charge on any atom is -0.497 e. The highest BCUT2D eigenvalue weighted by Gasteiger charge is 2.28. The molecule has 114 valence electrons. The van der Waals surface area contributed by atoms with Gasteiger partial charge in [0.15, 0.2) is 0 Å². The number of benzene rings is 1. The zero-order chi connectivity index (χ0) is 15.4. The number of aromatic amines is 1. The third-order valence-corrected chi connectivity index (χ3v) is 3.48. The molecule has 0 spiro atoms. The molecule has 1 aromatic heterocycles. The second kappa shape index (κ2) is 6.34. The molecule has 0 radical (unpaired) electrons. The molecule has 0 bridgehead atoms. The van der Waals surface area contributed by atoms with Gasteiger partial charge < -0.3 is 19.9 Å². The number of nitrogens with zero attached hydrogens (tertiary/aromatic N) is 1. The van der Waals surface area contributed by atoms with E-state index in [2.05, 4.69) is 15.5 Å². The third-order valence-electron chi connectivity index (χ3n) is 3.48. The monoisotopic (exact) mass is 299 g/mol. The van der Waals surface area contributed by atoms with E-state index in [1.165, 1.54) is 0 Å². The van der Waals surface area contributed by atoms with Crippen LogP contribution in [0.2, 0.25) is 0 Å². The maximum atomic E-state index is 12.1. The van der Waals surface area contributed by atoms with E-state index in [-0.39, 0.29) is 5.91 Å². The molecule has 0 aliphatic carbocycles. The molecule has 2 heterocycles. The molecule has 22 heavy (non-hydrogen) atoms. The Balaban J connectivity index is 1.57. The molecule has 6 heteroatoms. The number of carbonyl (C=O) groups is 1. The van der Waals surface area contributed by atoms with Crippen molar-refractivity contribution in [2.45, 2.75) is 19.1 Å². The van der Waals surface area contributed by atoms with Crippen molar-refractivity contribution >= 4 is 11.6 Å². The summed E-state index contributed by atoms with van der Waals surface area (Å²) in [6.45, 7) is 0.445. The van der Waals surface area contributed by atoms with E-state index in [0.29, 0.717) is 13.0 Å². The first-order chi connectivity index (χ1) is 10.8. The molecule has 1 aliphatic rings. The highest BCUT2D eigenvalue weighted by molar-refractivity contribution is 6.04. The van der Waals surface area contributed by atoms with Crippen LogP contribution in [-0.2, 0) is 16.2 Å². The molecule has 0 saturated carbocycles. The lowest BCUT2D eigenvalue weighted by molar-refractivity contribution is -0.131. The van der Waals surface area contributed by atoms with Crippen LogP contribution in [0.5, 0.6) is 5.75 Å². The van der Waals surface area contributed by atoms with Crippen molar-refractivity contribution in [1.29, 1.82) is 0 Å². The lowest BCUT2D eigenvalue weighted by atomic mass is 10.0. The van der Waals surface area contributed by atoms with Gasteiger partial charge in [0.1, 0.15) is 5.75 Å². The number of oxime groups is 1. The van der Waals surface area contributed by atoms with E-state index < -0.39 is 6.10 Å². The van der Waals surface area contributed by atoms with Gasteiger partial charge in [-0.2, -0.15) is 0 Å². The van der Waals surface area contributed by atoms with Gasteiger partial charge in [0.05, 0.1) is 19.4 Å². The Morgan fingerprint density at radius 2 is 2.36 bits per heavy atom. The third kappa shape index (κ3) is 3.11. The van der Waals surface area contributed by atoms with Gasteiger partial charge in [0, 0.05) is 23.9 Å². The number of aromatic nitrogens is 1. The van der Waals surface area contributed by atoms with Gasteiger partial charge >= 0.3 is 0 Å². The molecule has 0 saturated heterocycles. The Morgan fingerprint density at radius 3 is 3.14 bits per heavy atom. The summed E-state index contributed by atoms with van der Waals surface area (Å²) in [5, 5.41) is 6.85. The molecule has 6 nitrogen and oxygen atoms in total. The summed E-state index contributed by atoms with van der Waals surface area (Å²) in [5.74, 6) is 0.580. The minimum absolute atomic E-state index is 0.170. The number of H-pyrrole nitrogens is 1. The summed E-state index contributed by atoms with van der Waals surface area (Å²) in [6.07, 6.45) is 1.68. The van der Waals surface area contributed by atoms with E-state index in [4.69, 9.17) is 9.57 Å². The molecule has 1 aromatic carbocycles. The second-order valence-electron chi connectivity index (χ2n) is 4.98. The number of ether oxygens (including phenoxy) is 1. The predicted octanol–water partition coefficient (Wildman–Crippen LogP) is 1.83. The van der Waals surface area contributed by atoms with Crippen LogP contribution < -0.4 is 10.1 Å². The first-order valence-electron chi connectivity index (χ1n) is 7.03. The smallest absolute Gasteiger partial charge is 0.264 e. The summed E-state index contributed by atoms with van der Waals surface area (Å²) >= 11 is 0. The largest absolute Gasteiger partial charge is 0.497 e. The van der Waals surface area contributed by atoms with Gasteiger partial charge in [-0.15, -0.1) is 0 Å².